The normalized spacial score (nSPS) is 19.2. The summed E-state index contributed by atoms with van der Waals surface area (Å²) in [4.78, 5) is 19.8. The van der Waals surface area contributed by atoms with Crippen LogP contribution in [0.1, 0.15) is 49.0 Å². The fourth-order valence-corrected chi connectivity index (χ4v) is 4.50. The molecule has 1 saturated heterocycles. The Balaban J connectivity index is 1.60. The van der Waals surface area contributed by atoms with Gasteiger partial charge >= 0.3 is 0 Å². The number of piperidine rings is 1. The maximum Gasteiger partial charge on any atom is 0.240 e. The molecule has 4 nitrogen and oxygen atoms in total. The smallest absolute Gasteiger partial charge is 0.240 e. The molecule has 2 aliphatic rings. The lowest BCUT2D eigenvalue weighted by Gasteiger charge is -2.30. The summed E-state index contributed by atoms with van der Waals surface area (Å²) in [7, 11) is 0. The van der Waals surface area contributed by atoms with Gasteiger partial charge in [-0.05, 0) is 37.7 Å². The Bertz CT molecular complexity index is 690. The molecule has 4 rings (SSSR count). The Morgan fingerprint density at radius 3 is 2.58 bits per heavy atom. The largest absolute Gasteiger partial charge is 0.341 e. The Morgan fingerprint density at radius 2 is 1.88 bits per heavy atom. The van der Waals surface area contributed by atoms with E-state index in [2.05, 4.69) is 21.7 Å². The molecular weight excluding hydrogens is 318 g/mol. The maximum absolute atomic E-state index is 13.2. The topological polar surface area (TPSA) is 38.1 Å². The number of imidazole rings is 1. The number of hydrogen-bond donors (Lipinski definition) is 0. The van der Waals surface area contributed by atoms with Gasteiger partial charge in [0.25, 0.3) is 0 Å². The van der Waals surface area contributed by atoms with E-state index >= 15 is 0 Å². The van der Waals surface area contributed by atoms with Gasteiger partial charge in [0.05, 0.1) is 0 Å². The second-order valence-electron chi connectivity index (χ2n) is 6.64. The van der Waals surface area contributed by atoms with E-state index in [-0.39, 0.29) is 11.2 Å². The number of amides is 1. The Hall–Kier alpha value is -1.75. The molecule has 2 fully saturated rings. The molecule has 5 heteroatoms. The van der Waals surface area contributed by atoms with Crippen LogP contribution in [0.5, 0.6) is 0 Å². The lowest BCUT2D eigenvalue weighted by atomic mass is 10.1. The van der Waals surface area contributed by atoms with Gasteiger partial charge < -0.3 is 9.47 Å². The van der Waals surface area contributed by atoms with Crippen molar-refractivity contribution in [3.8, 4) is 0 Å². The summed E-state index contributed by atoms with van der Waals surface area (Å²) in [5.74, 6) is 0.233. The van der Waals surface area contributed by atoms with Crippen molar-refractivity contribution in [3.63, 3.8) is 0 Å². The minimum absolute atomic E-state index is 0.204. The summed E-state index contributed by atoms with van der Waals surface area (Å²) >= 11 is 1.61. The number of thioether (sulfide) groups is 1. The minimum atomic E-state index is -0.204. The number of likely N-dealkylation sites (tertiary alicyclic amines) is 1. The Kier molecular flexibility index (Phi) is 4.60. The number of benzene rings is 1. The zero-order valence-corrected chi connectivity index (χ0v) is 14.6. The molecule has 1 amide bonds. The first-order chi connectivity index (χ1) is 11.8. The van der Waals surface area contributed by atoms with E-state index in [0.29, 0.717) is 6.04 Å². The first-order valence-electron chi connectivity index (χ1n) is 8.86. The van der Waals surface area contributed by atoms with Crippen LogP contribution in [-0.2, 0) is 4.79 Å². The molecule has 1 aliphatic heterocycles. The second kappa shape index (κ2) is 7.01. The van der Waals surface area contributed by atoms with E-state index in [4.69, 9.17) is 0 Å². The average molecular weight is 341 g/mol. The summed E-state index contributed by atoms with van der Waals surface area (Å²) in [5, 5.41) is 0.765. The fraction of sp³-hybridized carbons (Fsp3) is 0.474. The molecule has 1 aromatic heterocycles. The summed E-state index contributed by atoms with van der Waals surface area (Å²) in [6.45, 7) is 1.78. The van der Waals surface area contributed by atoms with Gasteiger partial charge in [-0.1, -0.05) is 42.1 Å². The van der Waals surface area contributed by atoms with E-state index in [1.165, 1.54) is 19.3 Å². The third kappa shape index (κ3) is 3.36. The second-order valence-corrected chi connectivity index (χ2v) is 7.72. The SMILES string of the molecule is O=C(C(Sc1nccn1C1CC1)c1ccccc1)N1CCCCC1. The van der Waals surface area contributed by atoms with Crippen molar-refractivity contribution in [2.24, 2.45) is 0 Å². The average Bonchev–Trinajstić information content (AvgIpc) is 3.39. The van der Waals surface area contributed by atoms with Crippen LogP contribution in [0.25, 0.3) is 0 Å². The van der Waals surface area contributed by atoms with Crippen molar-refractivity contribution in [2.45, 2.75) is 48.6 Å². The summed E-state index contributed by atoms with van der Waals surface area (Å²) in [6, 6.07) is 10.7. The summed E-state index contributed by atoms with van der Waals surface area (Å²) < 4.78 is 2.24. The zero-order chi connectivity index (χ0) is 16.4. The maximum atomic E-state index is 13.2. The highest BCUT2D eigenvalue weighted by atomic mass is 32.2. The van der Waals surface area contributed by atoms with Gasteiger partial charge in [0.15, 0.2) is 5.16 Å². The van der Waals surface area contributed by atoms with Crippen molar-refractivity contribution < 1.29 is 4.79 Å². The number of carbonyl (C=O) groups is 1. The van der Waals surface area contributed by atoms with E-state index in [1.807, 2.05) is 35.5 Å². The molecule has 1 aliphatic carbocycles. The van der Waals surface area contributed by atoms with Gasteiger partial charge in [0.2, 0.25) is 5.91 Å². The molecule has 0 N–H and O–H groups in total. The lowest BCUT2D eigenvalue weighted by molar-refractivity contribution is -0.131. The molecule has 0 spiro atoms. The highest BCUT2D eigenvalue weighted by Gasteiger charge is 2.31. The molecule has 24 heavy (non-hydrogen) atoms. The molecule has 126 valence electrons. The van der Waals surface area contributed by atoms with Crippen LogP contribution in [0, 0.1) is 0 Å². The molecule has 2 aromatic rings. The van der Waals surface area contributed by atoms with Gasteiger partial charge in [-0.2, -0.15) is 0 Å². The van der Waals surface area contributed by atoms with Crippen LogP contribution in [-0.4, -0.2) is 33.4 Å². The van der Waals surface area contributed by atoms with Crippen LogP contribution in [0.3, 0.4) is 0 Å². The fourth-order valence-electron chi connectivity index (χ4n) is 3.30. The first kappa shape index (κ1) is 15.8. The molecular formula is C19H23N3OS. The van der Waals surface area contributed by atoms with Crippen LogP contribution in [0.4, 0.5) is 0 Å². The third-order valence-corrected chi connectivity index (χ3v) is 6.03. The molecule has 1 saturated carbocycles. The van der Waals surface area contributed by atoms with Crippen molar-refractivity contribution in [2.75, 3.05) is 13.1 Å². The summed E-state index contributed by atoms with van der Waals surface area (Å²) in [6.07, 6.45) is 9.82. The standard InChI is InChI=1S/C19H23N3OS/c23-18(21-12-5-2-6-13-21)17(15-7-3-1-4-8-15)24-19-20-11-14-22(19)16-9-10-16/h1,3-4,7-8,11,14,16-17H,2,5-6,9-10,12-13H2. The number of carbonyl (C=O) groups excluding carboxylic acids is 1. The van der Waals surface area contributed by atoms with Crippen molar-refractivity contribution in [3.05, 3.63) is 48.3 Å². The third-order valence-electron chi connectivity index (χ3n) is 4.79. The van der Waals surface area contributed by atoms with Crippen LogP contribution in [0.15, 0.2) is 47.9 Å². The molecule has 2 heterocycles. The monoisotopic (exact) mass is 341 g/mol. The Labute approximate surface area is 147 Å². The highest BCUT2D eigenvalue weighted by molar-refractivity contribution is 8.00. The number of aromatic nitrogens is 2. The first-order valence-corrected chi connectivity index (χ1v) is 9.74. The molecule has 0 radical (unpaired) electrons. The Morgan fingerprint density at radius 1 is 1.12 bits per heavy atom. The van der Waals surface area contributed by atoms with E-state index < -0.39 is 0 Å². The van der Waals surface area contributed by atoms with Crippen molar-refractivity contribution >= 4 is 17.7 Å². The van der Waals surface area contributed by atoms with Gasteiger partial charge in [0.1, 0.15) is 5.25 Å². The molecule has 1 unspecified atom stereocenters. The quantitative estimate of drug-likeness (QED) is 0.770. The number of hydrogen-bond acceptors (Lipinski definition) is 3. The predicted octanol–water partition coefficient (Wildman–Crippen LogP) is 4.06. The summed E-state index contributed by atoms with van der Waals surface area (Å²) in [5.41, 5.74) is 1.07. The van der Waals surface area contributed by atoms with Gasteiger partial charge in [-0.25, -0.2) is 4.98 Å². The van der Waals surface area contributed by atoms with E-state index in [0.717, 1.165) is 36.7 Å². The van der Waals surface area contributed by atoms with Crippen LogP contribution >= 0.6 is 11.8 Å². The molecule has 0 bridgehead atoms. The number of nitrogens with zero attached hydrogens (tertiary/aromatic N) is 3. The van der Waals surface area contributed by atoms with Gasteiger partial charge in [0, 0.05) is 31.5 Å². The van der Waals surface area contributed by atoms with Crippen molar-refractivity contribution in [1.29, 1.82) is 0 Å². The number of rotatable bonds is 5. The lowest BCUT2D eigenvalue weighted by Crippen LogP contribution is -2.38. The minimum Gasteiger partial charge on any atom is -0.341 e. The van der Waals surface area contributed by atoms with Crippen molar-refractivity contribution in [1.82, 2.24) is 14.5 Å². The van der Waals surface area contributed by atoms with Crippen LogP contribution < -0.4 is 0 Å². The van der Waals surface area contributed by atoms with Gasteiger partial charge in [-0.3, -0.25) is 4.79 Å². The molecule has 1 aromatic carbocycles. The van der Waals surface area contributed by atoms with Gasteiger partial charge in [-0.15, -0.1) is 0 Å². The highest BCUT2D eigenvalue weighted by Crippen LogP contribution is 2.42. The zero-order valence-electron chi connectivity index (χ0n) is 13.8. The van der Waals surface area contributed by atoms with E-state index in [1.54, 1.807) is 11.8 Å². The molecule has 1 atom stereocenters. The van der Waals surface area contributed by atoms with E-state index in [9.17, 15) is 4.79 Å². The predicted molar refractivity (Wildman–Crippen MR) is 96.0 cm³/mol. The van der Waals surface area contributed by atoms with Crippen LogP contribution in [0.2, 0.25) is 0 Å².